The van der Waals surface area contributed by atoms with Crippen molar-refractivity contribution in [1.82, 2.24) is 15.1 Å². The number of aryl methyl sites for hydroxylation is 2. The van der Waals surface area contributed by atoms with Gasteiger partial charge < -0.3 is 9.73 Å². The van der Waals surface area contributed by atoms with Crippen molar-refractivity contribution in [3.05, 3.63) is 63.6 Å². The van der Waals surface area contributed by atoms with E-state index in [0.717, 1.165) is 38.5 Å². The van der Waals surface area contributed by atoms with Crippen LogP contribution in [-0.2, 0) is 24.8 Å². The molecule has 3 rings (SSSR count). The minimum absolute atomic E-state index is 0.0409. The fraction of sp³-hybridized carbons (Fsp3) is 0.263. The van der Waals surface area contributed by atoms with E-state index in [0.29, 0.717) is 13.0 Å². The number of carbonyl (C=O) groups excluding carboxylic acids is 1. The monoisotopic (exact) mass is 401 g/mol. The number of benzene rings is 1. The van der Waals surface area contributed by atoms with Crippen LogP contribution in [0, 0.1) is 13.8 Å². The Balaban J connectivity index is 1.60. The molecule has 2 heterocycles. The molecular weight excluding hydrogens is 382 g/mol. The van der Waals surface area contributed by atoms with E-state index in [1.807, 2.05) is 57.3 Å². The summed E-state index contributed by atoms with van der Waals surface area (Å²) in [6.45, 7) is 4.26. The third-order valence-electron chi connectivity index (χ3n) is 4.25. The van der Waals surface area contributed by atoms with Crippen molar-refractivity contribution in [1.29, 1.82) is 0 Å². The molecule has 130 valence electrons. The molecule has 25 heavy (non-hydrogen) atoms. The van der Waals surface area contributed by atoms with Crippen LogP contribution in [0.1, 0.15) is 22.7 Å². The van der Waals surface area contributed by atoms with Crippen molar-refractivity contribution in [2.45, 2.75) is 26.8 Å². The number of carbonyl (C=O) groups is 1. The first kappa shape index (κ1) is 17.5. The van der Waals surface area contributed by atoms with Crippen molar-refractivity contribution in [3.8, 4) is 11.3 Å². The lowest BCUT2D eigenvalue weighted by Crippen LogP contribution is -2.24. The van der Waals surface area contributed by atoms with Crippen LogP contribution in [-0.4, -0.2) is 15.7 Å². The van der Waals surface area contributed by atoms with Crippen molar-refractivity contribution in [2.75, 3.05) is 0 Å². The Kier molecular flexibility index (Phi) is 5.08. The Morgan fingerprint density at radius 1 is 1.20 bits per heavy atom. The smallest absolute Gasteiger partial charge is 0.224 e. The zero-order valence-corrected chi connectivity index (χ0v) is 16.1. The molecule has 5 nitrogen and oxygen atoms in total. The van der Waals surface area contributed by atoms with Crippen LogP contribution in [0.15, 0.2) is 45.3 Å². The molecule has 2 aromatic heterocycles. The third kappa shape index (κ3) is 4.02. The largest absolute Gasteiger partial charge is 0.459 e. The van der Waals surface area contributed by atoms with Gasteiger partial charge in [-0.05, 0) is 38.1 Å². The Labute approximate surface area is 155 Å². The Bertz CT molecular complexity index is 894. The minimum atomic E-state index is -0.0409. The molecule has 0 atom stereocenters. The quantitative estimate of drug-likeness (QED) is 0.704. The number of aromatic nitrogens is 2. The Morgan fingerprint density at radius 2 is 1.92 bits per heavy atom. The fourth-order valence-corrected chi connectivity index (χ4v) is 2.99. The fourth-order valence-electron chi connectivity index (χ4n) is 2.72. The Morgan fingerprint density at radius 3 is 2.56 bits per heavy atom. The zero-order valence-electron chi connectivity index (χ0n) is 14.5. The molecule has 3 aromatic rings. The topological polar surface area (TPSA) is 60.1 Å². The highest BCUT2D eigenvalue weighted by Crippen LogP contribution is 2.24. The molecule has 0 saturated carbocycles. The molecule has 0 aliphatic rings. The van der Waals surface area contributed by atoms with E-state index in [-0.39, 0.29) is 5.91 Å². The molecule has 1 amide bonds. The molecule has 0 spiro atoms. The summed E-state index contributed by atoms with van der Waals surface area (Å²) in [5.41, 5.74) is 3.89. The molecule has 1 aromatic carbocycles. The molecule has 6 heteroatoms. The van der Waals surface area contributed by atoms with E-state index in [1.165, 1.54) is 0 Å². The van der Waals surface area contributed by atoms with E-state index in [2.05, 4.69) is 26.3 Å². The summed E-state index contributed by atoms with van der Waals surface area (Å²) >= 11 is 3.42. The first-order valence-electron chi connectivity index (χ1n) is 8.04. The Hall–Kier alpha value is -2.34. The molecule has 0 fully saturated rings. The van der Waals surface area contributed by atoms with E-state index in [9.17, 15) is 4.79 Å². The molecule has 1 N–H and O–H groups in total. The van der Waals surface area contributed by atoms with E-state index in [1.54, 1.807) is 4.68 Å². The number of nitrogens with one attached hydrogen (secondary N) is 1. The van der Waals surface area contributed by atoms with Gasteiger partial charge >= 0.3 is 0 Å². The van der Waals surface area contributed by atoms with Gasteiger partial charge in [-0.2, -0.15) is 5.10 Å². The van der Waals surface area contributed by atoms with Gasteiger partial charge in [0.15, 0.2) is 0 Å². The number of amides is 1. The van der Waals surface area contributed by atoms with Crippen molar-refractivity contribution in [3.63, 3.8) is 0 Å². The summed E-state index contributed by atoms with van der Waals surface area (Å²) < 4.78 is 8.64. The molecule has 0 unspecified atom stereocenters. The predicted octanol–water partition coefficient (Wildman–Crippen LogP) is 3.92. The second-order valence-corrected chi connectivity index (χ2v) is 6.92. The zero-order chi connectivity index (χ0) is 18.0. The highest BCUT2D eigenvalue weighted by atomic mass is 79.9. The van der Waals surface area contributed by atoms with Crippen LogP contribution >= 0.6 is 15.9 Å². The highest BCUT2D eigenvalue weighted by molar-refractivity contribution is 9.10. The van der Waals surface area contributed by atoms with Gasteiger partial charge in [-0.15, -0.1) is 0 Å². The number of rotatable bonds is 5. The van der Waals surface area contributed by atoms with Crippen LogP contribution in [0.25, 0.3) is 11.3 Å². The average molecular weight is 402 g/mol. The van der Waals surface area contributed by atoms with Crippen LogP contribution in [0.2, 0.25) is 0 Å². The van der Waals surface area contributed by atoms with Crippen LogP contribution < -0.4 is 5.32 Å². The second kappa shape index (κ2) is 7.27. The number of hydrogen-bond acceptors (Lipinski definition) is 3. The first-order valence-corrected chi connectivity index (χ1v) is 8.84. The van der Waals surface area contributed by atoms with Gasteiger partial charge in [0, 0.05) is 28.3 Å². The first-order chi connectivity index (χ1) is 11.9. The number of hydrogen-bond donors (Lipinski definition) is 1. The molecule has 0 radical (unpaired) electrons. The van der Waals surface area contributed by atoms with Gasteiger partial charge in [0.1, 0.15) is 11.5 Å². The van der Waals surface area contributed by atoms with Gasteiger partial charge in [0.2, 0.25) is 5.91 Å². The van der Waals surface area contributed by atoms with Gasteiger partial charge in [-0.3, -0.25) is 9.48 Å². The van der Waals surface area contributed by atoms with Gasteiger partial charge in [-0.1, -0.05) is 28.1 Å². The molecular formula is C19H20BrN3O2. The molecule has 0 bridgehead atoms. The third-order valence-corrected chi connectivity index (χ3v) is 4.78. The van der Waals surface area contributed by atoms with E-state index in [4.69, 9.17) is 4.42 Å². The van der Waals surface area contributed by atoms with Gasteiger partial charge in [0.25, 0.3) is 0 Å². The highest BCUT2D eigenvalue weighted by Gasteiger charge is 2.14. The van der Waals surface area contributed by atoms with Gasteiger partial charge in [0.05, 0.1) is 18.7 Å². The maximum Gasteiger partial charge on any atom is 0.224 e. The number of halogens is 1. The van der Waals surface area contributed by atoms with E-state index < -0.39 is 0 Å². The number of nitrogens with zero attached hydrogens (tertiary/aromatic N) is 2. The lowest BCUT2D eigenvalue weighted by atomic mass is 10.1. The van der Waals surface area contributed by atoms with Crippen molar-refractivity contribution >= 4 is 21.8 Å². The summed E-state index contributed by atoms with van der Waals surface area (Å²) in [6.07, 6.45) is 0.325. The number of furan rings is 1. The maximum atomic E-state index is 12.2. The molecule has 0 saturated heterocycles. The van der Waals surface area contributed by atoms with Crippen LogP contribution in [0.4, 0.5) is 0 Å². The normalized spacial score (nSPS) is 10.9. The molecule has 0 aliphatic heterocycles. The summed E-state index contributed by atoms with van der Waals surface area (Å²) in [5, 5.41) is 7.25. The summed E-state index contributed by atoms with van der Waals surface area (Å²) in [5.74, 6) is 1.47. The maximum absolute atomic E-state index is 12.2. The van der Waals surface area contributed by atoms with Crippen LogP contribution in [0.5, 0.6) is 0 Å². The minimum Gasteiger partial charge on any atom is -0.459 e. The average Bonchev–Trinajstić information content (AvgIpc) is 3.14. The summed E-state index contributed by atoms with van der Waals surface area (Å²) in [6, 6.07) is 11.7. The second-order valence-electron chi connectivity index (χ2n) is 6.00. The summed E-state index contributed by atoms with van der Waals surface area (Å²) in [7, 11) is 1.89. The van der Waals surface area contributed by atoms with E-state index >= 15 is 0 Å². The standard InChI is InChI=1S/C19H20BrN3O2/c1-12-17(13(2)23(3)22-12)10-19(24)21-11-16-8-9-18(25-16)14-4-6-15(20)7-5-14/h4-9H,10-11H2,1-3H3,(H,21,24). The summed E-state index contributed by atoms with van der Waals surface area (Å²) in [4.78, 5) is 12.2. The SMILES string of the molecule is Cc1nn(C)c(C)c1CC(=O)NCc1ccc(-c2ccc(Br)cc2)o1. The molecule has 0 aliphatic carbocycles. The van der Waals surface area contributed by atoms with Crippen molar-refractivity contribution < 1.29 is 9.21 Å². The van der Waals surface area contributed by atoms with Crippen molar-refractivity contribution in [2.24, 2.45) is 7.05 Å². The lowest BCUT2D eigenvalue weighted by molar-refractivity contribution is -0.120. The van der Waals surface area contributed by atoms with Gasteiger partial charge in [-0.25, -0.2) is 0 Å². The predicted molar refractivity (Wildman–Crippen MR) is 100 cm³/mol. The lowest BCUT2D eigenvalue weighted by Gasteiger charge is -2.04. The van der Waals surface area contributed by atoms with Crippen LogP contribution in [0.3, 0.4) is 0 Å².